The zero-order chi connectivity index (χ0) is 18.1. The number of nitrogens with two attached hydrogens (primary N) is 1. The molecule has 1 aromatic rings. The highest BCUT2D eigenvalue weighted by molar-refractivity contribution is 7.20. The van der Waals surface area contributed by atoms with Crippen molar-refractivity contribution in [2.24, 2.45) is 5.73 Å². The highest BCUT2D eigenvalue weighted by Crippen LogP contribution is 2.36. The molecule has 0 saturated carbocycles. The molecule has 0 radical (unpaired) electrons. The first kappa shape index (κ1) is 18.8. The Morgan fingerprint density at radius 3 is 2.79 bits per heavy atom. The number of anilines is 1. The van der Waals surface area contributed by atoms with Crippen LogP contribution in [0.25, 0.3) is 0 Å². The predicted molar refractivity (Wildman–Crippen MR) is 93.7 cm³/mol. The fourth-order valence-corrected chi connectivity index (χ4v) is 3.37. The lowest BCUT2D eigenvalue weighted by Crippen LogP contribution is -2.33. The van der Waals surface area contributed by atoms with Gasteiger partial charge in [0.1, 0.15) is 16.7 Å². The van der Waals surface area contributed by atoms with Gasteiger partial charge in [-0.05, 0) is 26.8 Å². The summed E-state index contributed by atoms with van der Waals surface area (Å²) in [6, 6.07) is 1.79. The van der Waals surface area contributed by atoms with E-state index in [1.165, 1.54) is 21.1 Å². The van der Waals surface area contributed by atoms with Crippen LogP contribution >= 0.6 is 22.9 Å². The molecule has 7 nitrogen and oxygen atoms in total. The minimum atomic E-state index is -0.564. The lowest BCUT2D eigenvalue weighted by atomic mass is 10.2. The lowest BCUT2D eigenvalue weighted by Gasteiger charge is -2.24. The third-order valence-corrected chi connectivity index (χ3v) is 4.72. The molecule has 1 aliphatic rings. The van der Waals surface area contributed by atoms with Crippen molar-refractivity contribution in [2.75, 3.05) is 25.0 Å². The number of carbonyl (C=O) groups is 2. The number of ether oxygens (including phenoxy) is 2. The van der Waals surface area contributed by atoms with E-state index in [-0.39, 0.29) is 19.2 Å². The van der Waals surface area contributed by atoms with Gasteiger partial charge in [0, 0.05) is 19.2 Å². The van der Waals surface area contributed by atoms with Gasteiger partial charge in [-0.25, -0.2) is 9.59 Å². The fourth-order valence-electron chi connectivity index (χ4n) is 2.12. The van der Waals surface area contributed by atoms with Gasteiger partial charge in [-0.1, -0.05) is 11.6 Å². The van der Waals surface area contributed by atoms with Crippen molar-refractivity contribution in [3.8, 4) is 0 Å². The van der Waals surface area contributed by atoms with Gasteiger partial charge in [-0.2, -0.15) is 0 Å². The van der Waals surface area contributed by atoms with Gasteiger partial charge in [0.2, 0.25) is 0 Å². The topological polar surface area (TPSA) is 85.1 Å². The van der Waals surface area contributed by atoms with Crippen molar-refractivity contribution in [1.29, 1.82) is 0 Å². The maximum Gasteiger partial charge on any atom is 0.415 e. The highest BCUT2D eigenvalue weighted by atomic mass is 35.5. The number of hydrogen-bond donors (Lipinski definition) is 1. The van der Waals surface area contributed by atoms with Crippen LogP contribution in [0.15, 0.2) is 6.07 Å². The quantitative estimate of drug-likeness (QED) is 0.874. The van der Waals surface area contributed by atoms with E-state index in [2.05, 4.69) is 0 Å². The summed E-state index contributed by atoms with van der Waals surface area (Å²) in [6.07, 6.45) is -1.18. The predicted octanol–water partition coefficient (Wildman–Crippen LogP) is 3.05. The Morgan fingerprint density at radius 1 is 1.58 bits per heavy atom. The first-order chi connectivity index (χ1) is 11.1. The molecule has 9 heteroatoms. The second-order valence-corrected chi connectivity index (χ2v) is 8.20. The summed E-state index contributed by atoms with van der Waals surface area (Å²) in [5.74, 6) is 0. The van der Waals surface area contributed by atoms with Crippen molar-refractivity contribution in [3.05, 3.63) is 16.0 Å². The van der Waals surface area contributed by atoms with E-state index in [1.54, 1.807) is 33.9 Å². The molecule has 2 N–H and O–H groups in total. The van der Waals surface area contributed by atoms with Crippen molar-refractivity contribution in [3.63, 3.8) is 0 Å². The van der Waals surface area contributed by atoms with Crippen LogP contribution in [0.2, 0.25) is 4.34 Å². The first-order valence-corrected chi connectivity index (χ1v) is 8.70. The van der Waals surface area contributed by atoms with Crippen LogP contribution in [-0.4, -0.2) is 48.9 Å². The summed E-state index contributed by atoms with van der Waals surface area (Å²) in [5.41, 5.74) is 5.72. The molecule has 0 aromatic carbocycles. The molecule has 1 fully saturated rings. The molecule has 0 unspecified atom stereocenters. The standard InChI is InChI=1S/C15H22ClN3O4S/c1-15(2,3)23-13(20)18(4)7-9-5-11(24-12(9)16)19-8-10(6-17)22-14(19)21/h5,10H,6-8,17H2,1-4H3/t10-/m0/s1. The highest BCUT2D eigenvalue weighted by Gasteiger charge is 2.33. The molecule has 24 heavy (non-hydrogen) atoms. The number of halogens is 1. The number of cyclic esters (lactones) is 1. The molecule has 1 atom stereocenters. The third kappa shape index (κ3) is 4.52. The van der Waals surface area contributed by atoms with Gasteiger partial charge >= 0.3 is 12.2 Å². The Hall–Kier alpha value is -1.51. The van der Waals surface area contributed by atoms with Crippen LogP contribution in [0, 0.1) is 0 Å². The molecular weight excluding hydrogens is 354 g/mol. The summed E-state index contributed by atoms with van der Waals surface area (Å²) in [7, 11) is 1.64. The van der Waals surface area contributed by atoms with Crippen molar-refractivity contribution in [1.82, 2.24) is 4.90 Å². The Kier molecular flexibility index (Phi) is 5.62. The number of amides is 2. The summed E-state index contributed by atoms with van der Waals surface area (Å²) in [5, 5.41) is 0.675. The van der Waals surface area contributed by atoms with Crippen LogP contribution in [0.4, 0.5) is 14.6 Å². The Labute approximate surface area is 150 Å². The van der Waals surface area contributed by atoms with E-state index in [0.717, 1.165) is 5.56 Å². The van der Waals surface area contributed by atoms with E-state index >= 15 is 0 Å². The summed E-state index contributed by atoms with van der Waals surface area (Å²) >= 11 is 7.53. The van der Waals surface area contributed by atoms with Crippen LogP contribution in [-0.2, 0) is 16.0 Å². The molecule has 134 valence electrons. The lowest BCUT2D eigenvalue weighted by molar-refractivity contribution is 0.0285. The average Bonchev–Trinajstić information content (AvgIpc) is 3.00. The van der Waals surface area contributed by atoms with Gasteiger partial charge in [0.25, 0.3) is 0 Å². The summed E-state index contributed by atoms with van der Waals surface area (Å²) in [4.78, 5) is 26.9. The second kappa shape index (κ2) is 7.16. The van der Waals surface area contributed by atoms with Crippen molar-refractivity contribution >= 4 is 40.1 Å². The minimum Gasteiger partial charge on any atom is -0.444 e. The zero-order valence-corrected chi connectivity index (χ0v) is 15.7. The molecule has 0 aliphatic carbocycles. The Morgan fingerprint density at radius 2 is 2.25 bits per heavy atom. The molecule has 0 bridgehead atoms. The van der Waals surface area contributed by atoms with Crippen LogP contribution < -0.4 is 10.6 Å². The summed E-state index contributed by atoms with van der Waals surface area (Å²) in [6.45, 7) is 6.38. The normalized spacial score (nSPS) is 17.8. The Bertz CT molecular complexity index is 629. The van der Waals surface area contributed by atoms with Crippen LogP contribution in [0.1, 0.15) is 26.3 Å². The number of thiophene rings is 1. The van der Waals surface area contributed by atoms with Gasteiger partial charge in [-0.3, -0.25) is 4.90 Å². The van der Waals surface area contributed by atoms with E-state index in [4.69, 9.17) is 26.8 Å². The van der Waals surface area contributed by atoms with E-state index < -0.39 is 17.8 Å². The third-order valence-electron chi connectivity index (χ3n) is 3.26. The smallest absolute Gasteiger partial charge is 0.415 e. The molecule has 2 heterocycles. The number of rotatable bonds is 4. The van der Waals surface area contributed by atoms with Crippen molar-refractivity contribution in [2.45, 2.75) is 39.0 Å². The fraction of sp³-hybridized carbons (Fsp3) is 0.600. The number of hydrogen-bond acceptors (Lipinski definition) is 6. The Balaban J connectivity index is 2.06. The monoisotopic (exact) mass is 375 g/mol. The van der Waals surface area contributed by atoms with Gasteiger partial charge in [0.15, 0.2) is 0 Å². The molecule has 2 amide bonds. The number of carbonyl (C=O) groups excluding carboxylic acids is 2. The minimum absolute atomic E-state index is 0.273. The van der Waals surface area contributed by atoms with E-state index in [9.17, 15) is 9.59 Å². The molecule has 0 spiro atoms. The van der Waals surface area contributed by atoms with Crippen LogP contribution in [0.3, 0.4) is 0 Å². The van der Waals surface area contributed by atoms with Gasteiger partial charge < -0.3 is 20.1 Å². The zero-order valence-electron chi connectivity index (χ0n) is 14.2. The van der Waals surface area contributed by atoms with E-state index in [0.29, 0.717) is 15.9 Å². The van der Waals surface area contributed by atoms with Gasteiger partial charge in [-0.15, -0.1) is 11.3 Å². The molecule has 2 rings (SSSR count). The molecular formula is C15H22ClN3O4S. The molecule has 1 saturated heterocycles. The SMILES string of the molecule is CN(Cc1cc(N2C[C@H](CN)OC2=O)sc1Cl)C(=O)OC(C)(C)C. The molecule has 1 aliphatic heterocycles. The molecule has 1 aromatic heterocycles. The maximum absolute atomic E-state index is 12.0. The largest absolute Gasteiger partial charge is 0.444 e. The number of nitrogens with zero attached hydrogens (tertiary/aromatic N) is 2. The van der Waals surface area contributed by atoms with E-state index in [1.807, 2.05) is 0 Å². The first-order valence-electron chi connectivity index (χ1n) is 7.51. The maximum atomic E-state index is 12.0. The van der Waals surface area contributed by atoms with Crippen LogP contribution in [0.5, 0.6) is 0 Å². The second-order valence-electron chi connectivity index (χ2n) is 6.57. The summed E-state index contributed by atoms with van der Waals surface area (Å²) < 4.78 is 11.0. The van der Waals surface area contributed by atoms with Gasteiger partial charge in [0.05, 0.1) is 17.4 Å². The van der Waals surface area contributed by atoms with Crippen molar-refractivity contribution < 1.29 is 19.1 Å². The average molecular weight is 376 g/mol.